The Morgan fingerprint density at radius 1 is 1.47 bits per heavy atom. The van der Waals surface area contributed by atoms with Crippen LogP contribution in [-0.2, 0) is 0 Å². The van der Waals surface area contributed by atoms with Crippen LogP contribution in [-0.4, -0.2) is 28.6 Å². The number of pyridine rings is 1. The molecule has 0 aliphatic heterocycles. The molecule has 1 aromatic heterocycles. The van der Waals surface area contributed by atoms with Gasteiger partial charge in [-0.05, 0) is 24.5 Å². The van der Waals surface area contributed by atoms with Crippen molar-refractivity contribution >= 4 is 5.91 Å². The molecule has 0 spiro atoms. The first-order valence-electron chi connectivity index (χ1n) is 6.21. The topological polar surface area (TPSA) is 62.2 Å². The third kappa shape index (κ3) is 4.72. The number of amides is 1. The van der Waals surface area contributed by atoms with Gasteiger partial charge in [-0.2, -0.15) is 0 Å². The van der Waals surface area contributed by atoms with Crippen molar-refractivity contribution in [3.8, 4) is 11.8 Å². The van der Waals surface area contributed by atoms with Crippen LogP contribution in [0.25, 0.3) is 0 Å². The highest BCUT2D eigenvalue weighted by atomic mass is 16.2. The largest absolute Gasteiger partial charge is 0.384 e. The van der Waals surface area contributed by atoms with Gasteiger partial charge in [0.15, 0.2) is 0 Å². The molecule has 0 aromatic carbocycles. The van der Waals surface area contributed by atoms with Crippen molar-refractivity contribution in [3.63, 3.8) is 0 Å². The maximum Gasteiger partial charge on any atom is 0.270 e. The van der Waals surface area contributed by atoms with Crippen LogP contribution in [0.1, 0.15) is 43.7 Å². The van der Waals surface area contributed by atoms with Crippen LogP contribution in [0.15, 0.2) is 18.3 Å². The quantitative estimate of drug-likeness (QED) is 0.794. The molecular formula is C15H20N2O2. The molecule has 0 aliphatic carbocycles. The summed E-state index contributed by atoms with van der Waals surface area (Å²) >= 11 is 0. The fourth-order valence-corrected chi connectivity index (χ4v) is 1.23. The van der Waals surface area contributed by atoms with Crippen molar-refractivity contribution < 1.29 is 9.90 Å². The predicted molar refractivity (Wildman–Crippen MR) is 74.6 cm³/mol. The van der Waals surface area contributed by atoms with Crippen molar-refractivity contribution in [2.75, 3.05) is 6.61 Å². The van der Waals surface area contributed by atoms with E-state index in [4.69, 9.17) is 5.11 Å². The first-order valence-corrected chi connectivity index (χ1v) is 6.21. The fraction of sp³-hybridized carbons (Fsp3) is 0.467. The van der Waals surface area contributed by atoms with Crippen LogP contribution in [0.5, 0.6) is 0 Å². The Kier molecular flexibility index (Phi) is 5.08. The molecule has 19 heavy (non-hydrogen) atoms. The zero-order chi connectivity index (χ0) is 14.5. The van der Waals surface area contributed by atoms with E-state index in [-0.39, 0.29) is 24.0 Å². The summed E-state index contributed by atoms with van der Waals surface area (Å²) in [5.41, 5.74) is 1.04. The lowest BCUT2D eigenvalue weighted by Gasteiger charge is -2.27. The second kappa shape index (κ2) is 6.35. The molecule has 0 saturated carbocycles. The van der Waals surface area contributed by atoms with Crippen molar-refractivity contribution in [1.29, 1.82) is 0 Å². The summed E-state index contributed by atoms with van der Waals surface area (Å²) in [6.45, 7) is 7.99. The van der Waals surface area contributed by atoms with Gasteiger partial charge in [-0.3, -0.25) is 4.79 Å². The lowest BCUT2D eigenvalue weighted by Crippen LogP contribution is -2.41. The molecule has 1 aromatic rings. The summed E-state index contributed by atoms with van der Waals surface area (Å²) < 4.78 is 0. The van der Waals surface area contributed by atoms with Gasteiger partial charge in [0.05, 0.1) is 0 Å². The van der Waals surface area contributed by atoms with E-state index in [0.717, 1.165) is 0 Å². The third-order valence-electron chi connectivity index (χ3n) is 2.95. The number of aliphatic hydroxyl groups is 1. The Hall–Kier alpha value is -1.86. The van der Waals surface area contributed by atoms with Crippen LogP contribution >= 0.6 is 0 Å². The number of hydrogen-bond acceptors (Lipinski definition) is 3. The summed E-state index contributed by atoms with van der Waals surface area (Å²) in [7, 11) is 0. The van der Waals surface area contributed by atoms with Gasteiger partial charge in [0.25, 0.3) is 5.91 Å². The van der Waals surface area contributed by atoms with Crippen LogP contribution in [0, 0.1) is 17.3 Å². The maximum atomic E-state index is 12.0. The van der Waals surface area contributed by atoms with Gasteiger partial charge in [0.1, 0.15) is 12.3 Å². The number of nitrogens with one attached hydrogen (secondary N) is 1. The van der Waals surface area contributed by atoms with Gasteiger partial charge in [-0.25, -0.2) is 4.98 Å². The fourth-order valence-electron chi connectivity index (χ4n) is 1.23. The monoisotopic (exact) mass is 260 g/mol. The molecule has 2 N–H and O–H groups in total. The van der Waals surface area contributed by atoms with E-state index < -0.39 is 0 Å². The van der Waals surface area contributed by atoms with Crippen molar-refractivity contribution in [2.24, 2.45) is 5.41 Å². The van der Waals surface area contributed by atoms with Crippen molar-refractivity contribution in [1.82, 2.24) is 10.3 Å². The average molecular weight is 260 g/mol. The van der Waals surface area contributed by atoms with Crippen LogP contribution in [0.3, 0.4) is 0 Å². The molecule has 1 atom stereocenters. The molecule has 4 heteroatoms. The van der Waals surface area contributed by atoms with E-state index in [1.165, 1.54) is 6.20 Å². The molecule has 102 valence electrons. The Morgan fingerprint density at radius 3 is 2.63 bits per heavy atom. The third-order valence-corrected chi connectivity index (χ3v) is 2.95. The van der Waals surface area contributed by atoms with E-state index in [1.54, 1.807) is 12.1 Å². The summed E-state index contributed by atoms with van der Waals surface area (Å²) in [6.07, 6.45) is 1.53. The number of carbonyl (C=O) groups is 1. The van der Waals surface area contributed by atoms with Crippen molar-refractivity contribution in [3.05, 3.63) is 29.6 Å². The van der Waals surface area contributed by atoms with Crippen LogP contribution in [0.2, 0.25) is 0 Å². The van der Waals surface area contributed by atoms with Crippen LogP contribution < -0.4 is 5.32 Å². The predicted octanol–water partition coefficient (Wildman–Crippen LogP) is 1.59. The molecule has 0 radical (unpaired) electrons. The first-order chi connectivity index (χ1) is 8.84. The molecule has 0 bridgehead atoms. The Bertz CT molecular complexity index is 490. The van der Waals surface area contributed by atoms with Crippen molar-refractivity contribution in [2.45, 2.75) is 33.7 Å². The zero-order valence-corrected chi connectivity index (χ0v) is 11.8. The first kappa shape index (κ1) is 15.2. The normalized spacial score (nSPS) is 12.3. The van der Waals surface area contributed by atoms with E-state index in [1.807, 2.05) is 6.92 Å². The summed E-state index contributed by atoms with van der Waals surface area (Å²) in [5, 5.41) is 11.5. The Labute approximate surface area is 114 Å². The van der Waals surface area contributed by atoms with E-state index in [0.29, 0.717) is 11.3 Å². The van der Waals surface area contributed by atoms with Gasteiger partial charge >= 0.3 is 0 Å². The highest BCUT2D eigenvalue weighted by Crippen LogP contribution is 2.18. The minimum Gasteiger partial charge on any atom is -0.384 e. The number of aliphatic hydroxyl groups excluding tert-OH is 1. The minimum atomic E-state index is -0.191. The van der Waals surface area contributed by atoms with E-state index in [2.05, 4.69) is 42.9 Å². The molecule has 1 heterocycles. The number of nitrogens with zero attached hydrogens (tertiary/aromatic N) is 1. The Balaban J connectivity index is 2.73. The lowest BCUT2D eigenvalue weighted by molar-refractivity contribution is 0.0905. The van der Waals surface area contributed by atoms with E-state index >= 15 is 0 Å². The number of hydrogen-bond donors (Lipinski definition) is 2. The molecule has 1 amide bonds. The van der Waals surface area contributed by atoms with Gasteiger partial charge in [0.2, 0.25) is 0 Å². The summed E-state index contributed by atoms with van der Waals surface area (Å²) in [6, 6.07) is 3.40. The average Bonchev–Trinajstić information content (AvgIpc) is 2.35. The molecule has 0 fully saturated rings. The molecule has 1 unspecified atom stereocenters. The smallest absolute Gasteiger partial charge is 0.270 e. The molecule has 4 nitrogen and oxygen atoms in total. The molecule has 1 rings (SSSR count). The minimum absolute atomic E-state index is 0.00218. The van der Waals surface area contributed by atoms with Crippen LogP contribution in [0.4, 0.5) is 0 Å². The highest BCUT2D eigenvalue weighted by Gasteiger charge is 2.22. The summed E-state index contributed by atoms with van der Waals surface area (Å²) in [5.74, 6) is 5.07. The van der Waals surface area contributed by atoms with E-state index in [9.17, 15) is 4.79 Å². The SMILES string of the molecule is CC(NC(=O)c1ccc(C#CCO)cn1)C(C)(C)C. The lowest BCUT2D eigenvalue weighted by atomic mass is 9.88. The van der Waals surface area contributed by atoms with Gasteiger partial charge < -0.3 is 10.4 Å². The molecular weight excluding hydrogens is 240 g/mol. The van der Waals surface area contributed by atoms with Gasteiger partial charge in [0, 0.05) is 17.8 Å². The number of carbonyl (C=O) groups excluding carboxylic acids is 1. The summed E-state index contributed by atoms with van der Waals surface area (Å²) in [4.78, 5) is 16.0. The second-order valence-corrected chi connectivity index (χ2v) is 5.45. The molecule has 0 saturated heterocycles. The maximum absolute atomic E-state index is 12.0. The molecule has 0 aliphatic rings. The Morgan fingerprint density at radius 2 is 2.16 bits per heavy atom. The number of rotatable bonds is 2. The standard InChI is InChI=1S/C15H20N2O2/c1-11(15(2,3)4)17-14(19)13-8-7-12(10-16-13)6-5-9-18/h7-8,10-11,18H,9H2,1-4H3,(H,17,19). The zero-order valence-electron chi connectivity index (χ0n) is 11.8. The van der Waals surface area contributed by atoms with Gasteiger partial charge in [-0.1, -0.05) is 32.6 Å². The highest BCUT2D eigenvalue weighted by molar-refractivity contribution is 5.92. The second-order valence-electron chi connectivity index (χ2n) is 5.45. The number of aromatic nitrogens is 1. The van der Waals surface area contributed by atoms with Gasteiger partial charge in [-0.15, -0.1) is 0 Å².